The largest absolute Gasteiger partial charge is 0.396 e. The van der Waals surface area contributed by atoms with Crippen LogP contribution in [-0.4, -0.2) is 43.7 Å². The zero-order valence-corrected chi connectivity index (χ0v) is 23.7. The summed E-state index contributed by atoms with van der Waals surface area (Å²) in [5.74, 6) is 0.332. The van der Waals surface area contributed by atoms with Crippen molar-refractivity contribution >= 4 is 11.6 Å². The second kappa shape index (κ2) is 13.1. The Kier molecular flexibility index (Phi) is 9.16. The summed E-state index contributed by atoms with van der Waals surface area (Å²) >= 11 is 0. The molecule has 8 nitrogen and oxygen atoms in total. The lowest BCUT2D eigenvalue weighted by molar-refractivity contribution is -0.124. The molecule has 2 heterocycles. The zero-order chi connectivity index (χ0) is 27.9. The van der Waals surface area contributed by atoms with Crippen LogP contribution in [0.2, 0.25) is 0 Å². The molecule has 1 amide bonds. The number of hydrogen-bond acceptors (Lipinski definition) is 6. The molecule has 40 heavy (non-hydrogen) atoms. The van der Waals surface area contributed by atoms with Gasteiger partial charge < -0.3 is 10.4 Å². The van der Waals surface area contributed by atoms with E-state index in [1.165, 1.54) is 41.5 Å². The molecule has 0 saturated heterocycles. The van der Waals surface area contributed by atoms with Crippen molar-refractivity contribution < 1.29 is 9.90 Å². The number of amides is 1. The topological polar surface area (TPSA) is 95.3 Å². The predicted octanol–water partition coefficient (Wildman–Crippen LogP) is 5.08. The number of benzene rings is 2. The van der Waals surface area contributed by atoms with Crippen molar-refractivity contribution in [2.75, 3.05) is 12.0 Å². The summed E-state index contributed by atoms with van der Waals surface area (Å²) in [4.78, 5) is 12.8. The van der Waals surface area contributed by atoms with E-state index in [0.29, 0.717) is 12.3 Å². The van der Waals surface area contributed by atoms with Crippen LogP contribution in [0, 0.1) is 12.8 Å². The van der Waals surface area contributed by atoms with Gasteiger partial charge in [0.15, 0.2) is 0 Å². The summed E-state index contributed by atoms with van der Waals surface area (Å²) in [6, 6.07) is 14.8. The van der Waals surface area contributed by atoms with Crippen molar-refractivity contribution in [3.63, 3.8) is 0 Å². The molecule has 0 saturated carbocycles. The van der Waals surface area contributed by atoms with Gasteiger partial charge in [-0.2, -0.15) is 0 Å². The number of aliphatic hydroxyl groups is 1. The first-order valence-electron chi connectivity index (χ1n) is 14.7. The molecule has 3 N–H and O–H groups in total. The molecule has 3 atom stereocenters. The molecular formula is C32H42N6O2. The smallest absolute Gasteiger partial charge is 0.249 e. The van der Waals surface area contributed by atoms with E-state index in [2.05, 4.69) is 53.1 Å². The maximum atomic E-state index is 12.8. The van der Waals surface area contributed by atoms with Crippen LogP contribution in [0.3, 0.4) is 0 Å². The van der Waals surface area contributed by atoms with E-state index < -0.39 is 6.04 Å². The van der Waals surface area contributed by atoms with Crippen LogP contribution in [0.25, 0.3) is 0 Å². The van der Waals surface area contributed by atoms with E-state index >= 15 is 0 Å². The Balaban J connectivity index is 1.22. The highest BCUT2D eigenvalue weighted by Gasteiger charge is 2.29. The SMILES string of the molecule is Cc1ccc(NN2C=CNC(=O)[C@H]2Cc2cn([C@@H]3CCCc4cc(CCCCC[C@@H](C)CO)ccc43)nn2)cc1. The number of unbranched alkanes of at least 4 members (excludes halogenated alkanes) is 2. The highest BCUT2D eigenvalue weighted by atomic mass is 16.3. The number of rotatable bonds is 12. The molecule has 2 aliphatic rings. The van der Waals surface area contributed by atoms with Gasteiger partial charge in [-0.05, 0) is 80.2 Å². The van der Waals surface area contributed by atoms with Crippen molar-refractivity contribution in [3.05, 3.63) is 89.0 Å². The number of aromatic nitrogens is 3. The number of hydrazine groups is 1. The number of nitrogens with zero attached hydrogens (tertiary/aromatic N) is 4. The van der Waals surface area contributed by atoms with E-state index in [1.54, 1.807) is 6.20 Å². The summed E-state index contributed by atoms with van der Waals surface area (Å²) in [6.45, 7) is 4.45. The van der Waals surface area contributed by atoms with Crippen LogP contribution >= 0.6 is 0 Å². The fraction of sp³-hybridized carbons (Fsp3) is 0.469. The summed E-state index contributed by atoms with van der Waals surface area (Å²) in [6.07, 6.45) is 15.0. The standard InChI is InChI=1S/C32H42N6O2/c1-23-11-14-27(15-12-23)35-37-18-17-33-32(40)31(37)20-28-21-38(36-34-28)30-10-6-9-26-19-25(13-16-29(26)30)8-5-3-4-7-24(2)22-39/h11-19,21,24,30-31,35,39H,3-10,20,22H2,1-2H3,(H,33,40)/t24-,30-,31-/m1/s1. The van der Waals surface area contributed by atoms with E-state index in [9.17, 15) is 9.90 Å². The second-order valence-electron chi connectivity index (χ2n) is 11.4. The molecule has 0 radical (unpaired) electrons. The molecule has 0 fully saturated rings. The van der Waals surface area contributed by atoms with Crippen molar-refractivity contribution in [1.29, 1.82) is 0 Å². The quantitative estimate of drug-likeness (QED) is 0.276. The molecular weight excluding hydrogens is 500 g/mol. The van der Waals surface area contributed by atoms with E-state index in [0.717, 1.165) is 43.5 Å². The highest BCUT2D eigenvalue weighted by molar-refractivity contribution is 5.84. The number of carbonyl (C=O) groups excluding carboxylic acids is 1. The zero-order valence-electron chi connectivity index (χ0n) is 23.7. The summed E-state index contributed by atoms with van der Waals surface area (Å²) in [5.41, 5.74) is 10.4. The fourth-order valence-corrected chi connectivity index (χ4v) is 5.73. The van der Waals surface area contributed by atoms with Crippen molar-refractivity contribution in [1.82, 2.24) is 25.3 Å². The second-order valence-corrected chi connectivity index (χ2v) is 11.4. The first-order chi connectivity index (χ1) is 19.5. The molecule has 212 valence electrons. The van der Waals surface area contributed by atoms with E-state index in [4.69, 9.17) is 0 Å². The Morgan fingerprint density at radius 1 is 1.15 bits per heavy atom. The summed E-state index contributed by atoms with van der Waals surface area (Å²) in [7, 11) is 0. The van der Waals surface area contributed by atoms with E-state index in [1.807, 2.05) is 46.4 Å². The number of anilines is 1. The molecule has 1 aliphatic carbocycles. The van der Waals surface area contributed by atoms with Crippen LogP contribution in [0.15, 0.2) is 61.1 Å². The number of fused-ring (bicyclic) bond motifs is 1. The van der Waals surface area contributed by atoms with Gasteiger partial charge in [-0.1, -0.05) is 60.9 Å². The third kappa shape index (κ3) is 6.91. The Morgan fingerprint density at radius 2 is 2.00 bits per heavy atom. The van der Waals surface area contributed by atoms with Gasteiger partial charge in [-0.3, -0.25) is 15.2 Å². The van der Waals surface area contributed by atoms with Gasteiger partial charge in [-0.15, -0.1) is 5.10 Å². The average molecular weight is 543 g/mol. The third-order valence-corrected chi connectivity index (χ3v) is 8.15. The Hall–Kier alpha value is -3.65. The molecule has 5 rings (SSSR count). The molecule has 3 aromatic rings. The molecule has 2 aromatic carbocycles. The minimum Gasteiger partial charge on any atom is -0.396 e. The number of carbonyl (C=O) groups is 1. The lowest BCUT2D eigenvalue weighted by Crippen LogP contribution is -2.50. The maximum absolute atomic E-state index is 12.8. The van der Waals surface area contributed by atoms with Gasteiger partial charge in [0, 0.05) is 31.6 Å². The molecule has 1 aliphatic heterocycles. The van der Waals surface area contributed by atoms with Gasteiger partial charge in [0.25, 0.3) is 0 Å². The molecule has 8 heteroatoms. The van der Waals surface area contributed by atoms with Gasteiger partial charge in [0.05, 0.1) is 17.4 Å². The van der Waals surface area contributed by atoms with Crippen molar-refractivity contribution in [2.24, 2.45) is 5.92 Å². The molecule has 0 bridgehead atoms. The number of nitrogens with one attached hydrogen (secondary N) is 2. The van der Waals surface area contributed by atoms with Crippen molar-refractivity contribution in [3.8, 4) is 0 Å². The van der Waals surface area contributed by atoms with Crippen molar-refractivity contribution in [2.45, 2.75) is 83.7 Å². The lowest BCUT2D eigenvalue weighted by atomic mass is 9.86. The van der Waals surface area contributed by atoms with Crippen LogP contribution < -0.4 is 10.7 Å². The summed E-state index contributed by atoms with van der Waals surface area (Å²) < 4.78 is 1.99. The van der Waals surface area contributed by atoms with Gasteiger partial charge in [0.2, 0.25) is 5.91 Å². The van der Waals surface area contributed by atoms with Crippen LogP contribution in [0.5, 0.6) is 0 Å². The van der Waals surface area contributed by atoms with Gasteiger partial charge >= 0.3 is 0 Å². The molecule has 1 aromatic heterocycles. The van der Waals surface area contributed by atoms with Crippen LogP contribution in [0.4, 0.5) is 5.69 Å². The van der Waals surface area contributed by atoms with Gasteiger partial charge in [0.1, 0.15) is 6.04 Å². The predicted molar refractivity (Wildman–Crippen MR) is 157 cm³/mol. The van der Waals surface area contributed by atoms with Gasteiger partial charge in [-0.25, -0.2) is 4.68 Å². The Labute approximate surface area is 237 Å². The number of aliphatic hydroxyl groups excluding tert-OH is 1. The first kappa shape index (κ1) is 27.9. The van der Waals surface area contributed by atoms with E-state index in [-0.39, 0.29) is 18.6 Å². The first-order valence-corrected chi connectivity index (χ1v) is 14.7. The fourth-order valence-electron chi connectivity index (χ4n) is 5.73. The summed E-state index contributed by atoms with van der Waals surface area (Å²) in [5, 5.41) is 22.9. The average Bonchev–Trinajstić information content (AvgIpc) is 3.43. The minimum absolute atomic E-state index is 0.0740. The number of aryl methyl sites for hydroxylation is 3. The Morgan fingerprint density at radius 3 is 2.83 bits per heavy atom. The highest BCUT2D eigenvalue weighted by Crippen LogP contribution is 2.33. The van der Waals surface area contributed by atoms with Crippen LogP contribution in [-0.2, 0) is 24.1 Å². The normalized spacial score (nSPS) is 19.3. The minimum atomic E-state index is -0.440. The monoisotopic (exact) mass is 542 g/mol. The lowest BCUT2D eigenvalue weighted by Gasteiger charge is -2.32. The maximum Gasteiger partial charge on any atom is 0.249 e. The third-order valence-electron chi connectivity index (χ3n) is 8.15. The number of hydrogen-bond donors (Lipinski definition) is 3. The molecule has 0 spiro atoms. The molecule has 0 unspecified atom stereocenters. The Bertz CT molecular complexity index is 1300. The van der Waals surface area contributed by atoms with Crippen LogP contribution in [0.1, 0.15) is 79.4 Å².